The molecular formula is C11H22O4. The van der Waals surface area contributed by atoms with Crippen LogP contribution in [-0.2, 0) is 4.79 Å². The van der Waals surface area contributed by atoms with Gasteiger partial charge in [-0.25, -0.2) is 4.79 Å². The van der Waals surface area contributed by atoms with Crippen LogP contribution in [0.3, 0.4) is 0 Å². The van der Waals surface area contributed by atoms with Gasteiger partial charge < -0.3 is 15.3 Å². The van der Waals surface area contributed by atoms with Crippen LogP contribution < -0.4 is 0 Å². The Morgan fingerprint density at radius 1 is 1.40 bits per heavy atom. The molecule has 90 valence electrons. The molecule has 0 saturated carbocycles. The monoisotopic (exact) mass is 218 g/mol. The van der Waals surface area contributed by atoms with Crippen molar-refractivity contribution >= 4 is 5.97 Å². The maximum Gasteiger partial charge on any atom is 0.331 e. The lowest BCUT2D eigenvalue weighted by Crippen LogP contribution is -2.03. The second kappa shape index (κ2) is 13.0. The minimum atomic E-state index is -1.14. The summed E-state index contributed by atoms with van der Waals surface area (Å²) in [6, 6.07) is 0. The van der Waals surface area contributed by atoms with E-state index in [2.05, 4.69) is 13.8 Å². The molecule has 3 N–H and O–H groups in total. The molecule has 0 aromatic heterocycles. The van der Waals surface area contributed by atoms with E-state index >= 15 is 0 Å². The van der Waals surface area contributed by atoms with E-state index in [1.807, 2.05) is 0 Å². The molecule has 0 amide bonds. The first-order valence-electron chi connectivity index (χ1n) is 5.26. The van der Waals surface area contributed by atoms with Gasteiger partial charge in [-0.05, 0) is 12.3 Å². The number of rotatable bonds is 6. The van der Waals surface area contributed by atoms with Gasteiger partial charge in [0.05, 0.1) is 12.3 Å². The Balaban J connectivity index is 0. The number of carboxylic acid groups (broad SMARTS) is 1. The number of hydrogen-bond acceptors (Lipinski definition) is 3. The summed E-state index contributed by atoms with van der Waals surface area (Å²) in [4.78, 5) is 9.35. The highest BCUT2D eigenvalue weighted by atomic mass is 16.4. The van der Waals surface area contributed by atoms with E-state index in [1.165, 1.54) is 19.3 Å². The number of aliphatic hydroxyl groups is 2. The molecule has 1 unspecified atom stereocenters. The molecule has 4 nitrogen and oxygen atoms in total. The smallest absolute Gasteiger partial charge is 0.331 e. The maximum absolute atomic E-state index is 9.35. The molecular weight excluding hydrogens is 196 g/mol. The lowest BCUT2D eigenvalue weighted by atomic mass is 10.0. The van der Waals surface area contributed by atoms with Crippen molar-refractivity contribution in [3.63, 3.8) is 0 Å². The first-order chi connectivity index (χ1) is 7.12. The molecule has 0 heterocycles. The van der Waals surface area contributed by atoms with Crippen LogP contribution >= 0.6 is 0 Å². The van der Waals surface area contributed by atoms with Crippen LogP contribution in [0.2, 0.25) is 0 Å². The molecule has 0 aliphatic rings. The van der Waals surface area contributed by atoms with Crippen molar-refractivity contribution in [3.05, 3.63) is 12.3 Å². The van der Waals surface area contributed by atoms with E-state index in [4.69, 9.17) is 15.3 Å². The van der Waals surface area contributed by atoms with E-state index in [1.54, 1.807) is 0 Å². The highest BCUT2D eigenvalue weighted by Crippen LogP contribution is 2.10. The van der Waals surface area contributed by atoms with Gasteiger partial charge in [0.25, 0.3) is 0 Å². The average molecular weight is 218 g/mol. The Kier molecular flexibility index (Phi) is 14.2. The topological polar surface area (TPSA) is 77.8 Å². The van der Waals surface area contributed by atoms with Gasteiger partial charge in [0.1, 0.15) is 0 Å². The Bertz CT molecular complexity index is 162. The van der Waals surface area contributed by atoms with E-state index < -0.39 is 5.97 Å². The number of carboxylic acids is 1. The summed E-state index contributed by atoms with van der Waals surface area (Å²) in [7, 11) is 0. The largest absolute Gasteiger partial charge is 0.515 e. The summed E-state index contributed by atoms with van der Waals surface area (Å²) < 4.78 is 0. The fourth-order valence-corrected chi connectivity index (χ4v) is 0.981. The summed E-state index contributed by atoms with van der Waals surface area (Å²) in [5.74, 6) is -0.581. The third-order valence-corrected chi connectivity index (χ3v) is 2.02. The molecule has 0 aromatic carbocycles. The quantitative estimate of drug-likeness (QED) is 0.472. The van der Waals surface area contributed by atoms with Crippen LogP contribution in [0.5, 0.6) is 0 Å². The lowest BCUT2D eigenvalue weighted by Gasteiger charge is -2.08. The summed E-state index contributed by atoms with van der Waals surface area (Å²) >= 11 is 0. The fourth-order valence-electron chi connectivity index (χ4n) is 0.981. The molecule has 15 heavy (non-hydrogen) atoms. The van der Waals surface area contributed by atoms with E-state index in [-0.39, 0.29) is 0 Å². The molecule has 0 spiro atoms. The molecule has 0 saturated heterocycles. The summed E-state index contributed by atoms with van der Waals surface area (Å²) in [6.45, 7) is 4.69. The van der Waals surface area contributed by atoms with Gasteiger partial charge >= 0.3 is 5.97 Å². The normalized spacial score (nSPS) is 11.9. The third-order valence-electron chi connectivity index (χ3n) is 2.02. The Morgan fingerprint density at radius 2 is 2.00 bits per heavy atom. The van der Waals surface area contributed by atoms with Gasteiger partial charge in [-0.15, -0.1) is 0 Å². The number of aliphatic hydroxyl groups excluding tert-OH is 2. The minimum absolute atomic E-state index is 0.372. The predicted octanol–water partition coefficient (Wildman–Crippen LogP) is 2.34. The van der Waals surface area contributed by atoms with Crippen LogP contribution in [-0.4, -0.2) is 27.9 Å². The van der Waals surface area contributed by atoms with Crippen LogP contribution in [0, 0.1) is 5.92 Å². The molecule has 0 rings (SSSR count). The average Bonchev–Trinajstić information content (AvgIpc) is 2.20. The predicted molar refractivity (Wildman–Crippen MR) is 59.8 cm³/mol. The molecule has 1 atom stereocenters. The van der Waals surface area contributed by atoms with Gasteiger partial charge in [0, 0.05) is 6.61 Å². The van der Waals surface area contributed by atoms with Gasteiger partial charge in [0.2, 0.25) is 0 Å². The van der Waals surface area contributed by atoms with Crippen LogP contribution in [0.4, 0.5) is 0 Å². The molecule has 0 bridgehead atoms. The zero-order valence-electron chi connectivity index (χ0n) is 9.52. The van der Waals surface area contributed by atoms with Gasteiger partial charge in [-0.1, -0.05) is 33.1 Å². The highest BCUT2D eigenvalue weighted by Gasteiger charge is 2.01. The summed E-state index contributed by atoms with van der Waals surface area (Å²) in [6.07, 6.45) is 5.94. The zero-order chi connectivity index (χ0) is 12.1. The first-order valence-corrected chi connectivity index (χ1v) is 5.26. The van der Waals surface area contributed by atoms with E-state index in [0.717, 1.165) is 6.42 Å². The van der Waals surface area contributed by atoms with Gasteiger partial charge in [-0.3, -0.25) is 0 Å². The molecule has 0 radical (unpaired) electrons. The van der Waals surface area contributed by atoms with Crippen LogP contribution in [0.25, 0.3) is 0 Å². The second-order valence-electron chi connectivity index (χ2n) is 3.25. The van der Waals surface area contributed by atoms with Crippen molar-refractivity contribution in [1.82, 2.24) is 0 Å². The fraction of sp³-hybridized carbons (Fsp3) is 0.727. The SMILES string of the molecule is CCCCC(CC)CO.O=C(O)C=CO. The number of unbranched alkanes of at least 4 members (excludes halogenated alkanes) is 1. The van der Waals surface area contributed by atoms with Gasteiger partial charge in [-0.2, -0.15) is 0 Å². The van der Waals surface area contributed by atoms with Crippen molar-refractivity contribution in [2.24, 2.45) is 5.92 Å². The Hall–Kier alpha value is -1.03. The highest BCUT2D eigenvalue weighted by molar-refractivity contribution is 5.79. The first kappa shape index (κ1) is 16.4. The molecule has 0 aliphatic carbocycles. The van der Waals surface area contributed by atoms with Crippen molar-refractivity contribution in [1.29, 1.82) is 0 Å². The Morgan fingerprint density at radius 3 is 2.20 bits per heavy atom. The Labute approximate surface area is 91.2 Å². The lowest BCUT2D eigenvalue weighted by molar-refractivity contribution is -0.131. The number of aliphatic carboxylic acids is 1. The van der Waals surface area contributed by atoms with Crippen molar-refractivity contribution in [2.45, 2.75) is 39.5 Å². The van der Waals surface area contributed by atoms with E-state index in [0.29, 0.717) is 24.9 Å². The molecule has 0 aromatic rings. The standard InChI is InChI=1S/C8H18O.C3H4O3/c1-3-5-6-8(4-2)7-9;4-2-1-3(5)6/h8-9H,3-7H2,1-2H3;1-2,4H,(H,5,6). The number of carbonyl (C=O) groups is 1. The minimum Gasteiger partial charge on any atom is -0.515 e. The molecule has 4 heteroatoms. The van der Waals surface area contributed by atoms with E-state index in [9.17, 15) is 4.79 Å². The van der Waals surface area contributed by atoms with Crippen LogP contribution in [0.15, 0.2) is 12.3 Å². The zero-order valence-corrected chi connectivity index (χ0v) is 9.52. The molecule has 0 fully saturated rings. The third kappa shape index (κ3) is 15.7. The summed E-state index contributed by atoms with van der Waals surface area (Å²) in [5, 5.41) is 24.1. The maximum atomic E-state index is 9.35. The van der Waals surface area contributed by atoms with Crippen molar-refractivity contribution in [2.75, 3.05) is 6.61 Å². The molecule has 0 aliphatic heterocycles. The number of hydrogen-bond donors (Lipinski definition) is 3. The van der Waals surface area contributed by atoms with Crippen LogP contribution in [0.1, 0.15) is 39.5 Å². The summed E-state index contributed by atoms with van der Waals surface area (Å²) in [5.41, 5.74) is 0. The van der Waals surface area contributed by atoms with Crippen molar-refractivity contribution in [3.8, 4) is 0 Å². The second-order valence-corrected chi connectivity index (χ2v) is 3.25. The van der Waals surface area contributed by atoms with Crippen molar-refractivity contribution < 1.29 is 20.1 Å². The van der Waals surface area contributed by atoms with Gasteiger partial charge in [0.15, 0.2) is 0 Å².